The van der Waals surface area contributed by atoms with Crippen molar-refractivity contribution in [2.75, 3.05) is 5.32 Å². The van der Waals surface area contributed by atoms with Gasteiger partial charge in [-0.25, -0.2) is 4.79 Å². The third-order valence-electron chi connectivity index (χ3n) is 3.73. The lowest BCUT2D eigenvalue weighted by molar-refractivity contribution is 0.100. The Balaban J connectivity index is 2.18. The number of amides is 3. The summed E-state index contributed by atoms with van der Waals surface area (Å²) >= 11 is 1.32. The summed E-state index contributed by atoms with van der Waals surface area (Å²) in [5.41, 5.74) is 14.0. The number of hydrogen-bond donors (Lipinski definition) is 3. The highest BCUT2D eigenvalue weighted by molar-refractivity contribution is 7.20. The number of carbonyl (C=O) groups is 2. The predicted molar refractivity (Wildman–Crippen MR) is 85.1 cm³/mol. The van der Waals surface area contributed by atoms with E-state index in [0.29, 0.717) is 17.0 Å². The molecule has 7 nitrogen and oxygen atoms in total. The van der Waals surface area contributed by atoms with Gasteiger partial charge in [0.05, 0.1) is 11.8 Å². The van der Waals surface area contributed by atoms with Crippen LogP contribution < -0.4 is 16.8 Å². The zero-order valence-corrected chi connectivity index (χ0v) is 13.2. The molecule has 3 amide bonds. The summed E-state index contributed by atoms with van der Waals surface area (Å²) < 4.78 is 1.99. The Morgan fingerprint density at radius 3 is 2.68 bits per heavy atom. The van der Waals surface area contributed by atoms with Gasteiger partial charge in [-0.3, -0.25) is 14.8 Å². The van der Waals surface area contributed by atoms with Crippen molar-refractivity contribution in [3.63, 3.8) is 0 Å². The maximum absolute atomic E-state index is 11.8. The molecule has 8 heteroatoms. The summed E-state index contributed by atoms with van der Waals surface area (Å²) in [5, 5.41) is 7.35. The SMILES string of the molecule is CC(C)n1ncc2c1CCc1c-2sc(NC(N)=O)c1C(N)=O. The number of aromatic nitrogens is 2. The molecule has 0 unspecified atom stereocenters. The smallest absolute Gasteiger partial charge is 0.317 e. The van der Waals surface area contributed by atoms with Gasteiger partial charge in [-0.05, 0) is 32.3 Å². The molecule has 0 aromatic carbocycles. The normalized spacial score (nSPS) is 12.9. The molecule has 116 valence electrons. The van der Waals surface area contributed by atoms with Gasteiger partial charge in [-0.1, -0.05) is 0 Å². The fraction of sp³-hybridized carbons (Fsp3) is 0.357. The second kappa shape index (κ2) is 5.13. The third-order valence-corrected chi connectivity index (χ3v) is 4.92. The Bertz CT molecular complexity index is 775. The van der Waals surface area contributed by atoms with Gasteiger partial charge < -0.3 is 11.5 Å². The Morgan fingerprint density at radius 1 is 1.36 bits per heavy atom. The fourth-order valence-electron chi connectivity index (χ4n) is 2.90. The van der Waals surface area contributed by atoms with Crippen molar-refractivity contribution in [2.24, 2.45) is 11.5 Å². The molecule has 1 aliphatic carbocycles. The Kier molecular flexibility index (Phi) is 3.40. The molecule has 2 aromatic heterocycles. The average Bonchev–Trinajstić information content (AvgIpc) is 2.97. The van der Waals surface area contributed by atoms with Gasteiger partial charge in [-0.15, -0.1) is 11.3 Å². The minimum Gasteiger partial charge on any atom is -0.365 e. The molecule has 0 saturated carbocycles. The van der Waals surface area contributed by atoms with E-state index in [1.165, 1.54) is 11.3 Å². The first-order valence-electron chi connectivity index (χ1n) is 6.98. The van der Waals surface area contributed by atoms with Crippen LogP contribution in [0.4, 0.5) is 9.80 Å². The van der Waals surface area contributed by atoms with E-state index < -0.39 is 11.9 Å². The summed E-state index contributed by atoms with van der Waals surface area (Å²) in [6, 6.07) is -0.441. The topological polar surface area (TPSA) is 116 Å². The van der Waals surface area contributed by atoms with E-state index in [-0.39, 0.29) is 6.04 Å². The largest absolute Gasteiger partial charge is 0.365 e. The molecule has 5 N–H and O–H groups in total. The highest BCUT2D eigenvalue weighted by Crippen LogP contribution is 2.45. The van der Waals surface area contributed by atoms with Crippen molar-refractivity contribution < 1.29 is 9.59 Å². The van der Waals surface area contributed by atoms with Crippen LogP contribution in [0.5, 0.6) is 0 Å². The molecule has 1 aliphatic rings. The van der Waals surface area contributed by atoms with E-state index in [2.05, 4.69) is 24.3 Å². The number of fused-ring (bicyclic) bond motifs is 3. The summed E-state index contributed by atoms with van der Waals surface area (Å²) in [5.74, 6) is -0.555. The van der Waals surface area contributed by atoms with Crippen LogP contribution in [-0.2, 0) is 12.8 Å². The molecule has 0 saturated heterocycles. The van der Waals surface area contributed by atoms with Crippen LogP contribution in [0.1, 0.15) is 41.5 Å². The van der Waals surface area contributed by atoms with Crippen LogP contribution in [0.25, 0.3) is 10.4 Å². The Labute approximate surface area is 131 Å². The van der Waals surface area contributed by atoms with Crippen LogP contribution in [0.2, 0.25) is 0 Å². The summed E-state index contributed by atoms with van der Waals surface area (Å²) in [6.07, 6.45) is 3.28. The molecular weight excluding hydrogens is 302 g/mol. The summed E-state index contributed by atoms with van der Waals surface area (Å²) in [4.78, 5) is 23.9. The first-order valence-corrected chi connectivity index (χ1v) is 7.80. The zero-order valence-electron chi connectivity index (χ0n) is 12.3. The average molecular weight is 319 g/mol. The fourth-order valence-corrected chi connectivity index (χ4v) is 4.19. The second-order valence-electron chi connectivity index (χ2n) is 5.51. The van der Waals surface area contributed by atoms with Crippen LogP contribution in [0.3, 0.4) is 0 Å². The highest BCUT2D eigenvalue weighted by Gasteiger charge is 2.30. The first-order chi connectivity index (χ1) is 10.4. The van der Waals surface area contributed by atoms with Gasteiger partial charge >= 0.3 is 6.03 Å². The lowest BCUT2D eigenvalue weighted by Gasteiger charge is -2.17. The molecular formula is C14H17N5O2S. The van der Waals surface area contributed by atoms with Crippen molar-refractivity contribution in [1.29, 1.82) is 0 Å². The van der Waals surface area contributed by atoms with Gasteiger partial charge in [0.2, 0.25) is 0 Å². The van der Waals surface area contributed by atoms with Crippen LogP contribution in [0, 0.1) is 0 Å². The molecule has 0 bridgehead atoms. The molecule has 0 atom stereocenters. The number of thiophene rings is 1. The van der Waals surface area contributed by atoms with E-state index in [1.807, 2.05) is 10.9 Å². The molecule has 2 heterocycles. The molecule has 0 aliphatic heterocycles. The van der Waals surface area contributed by atoms with Gasteiger partial charge in [0, 0.05) is 22.2 Å². The summed E-state index contributed by atoms with van der Waals surface area (Å²) in [7, 11) is 0. The van der Waals surface area contributed by atoms with Crippen molar-refractivity contribution in [2.45, 2.75) is 32.7 Å². The van der Waals surface area contributed by atoms with Gasteiger partial charge in [0.15, 0.2) is 0 Å². The number of carbonyl (C=O) groups excluding carboxylic acids is 2. The maximum atomic E-state index is 11.8. The van der Waals surface area contributed by atoms with Gasteiger partial charge in [0.25, 0.3) is 5.91 Å². The zero-order chi connectivity index (χ0) is 16.0. The molecule has 0 spiro atoms. The number of nitrogens with one attached hydrogen (secondary N) is 1. The van der Waals surface area contributed by atoms with Crippen molar-refractivity contribution >= 4 is 28.3 Å². The molecule has 0 fully saturated rings. The monoisotopic (exact) mass is 319 g/mol. The van der Waals surface area contributed by atoms with Gasteiger partial charge in [-0.2, -0.15) is 5.10 Å². The number of nitrogens with zero attached hydrogens (tertiary/aromatic N) is 2. The molecule has 2 aromatic rings. The standard InChI is InChI=1S/C14H17N5O2S/c1-6(2)19-9-4-3-7-10(12(15)20)13(18-14(16)21)22-11(7)8(9)5-17-19/h5-6H,3-4H2,1-2H3,(H2,15,20)(H3,16,18,21). The number of primary amides is 2. The van der Waals surface area contributed by atoms with Crippen molar-refractivity contribution in [1.82, 2.24) is 9.78 Å². The number of hydrogen-bond acceptors (Lipinski definition) is 4. The number of nitrogens with two attached hydrogens (primary N) is 2. The molecule has 22 heavy (non-hydrogen) atoms. The molecule has 0 radical (unpaired) electrons. The van der Waals surface area contributed by atoms with Crippen LogP contribution >= 0.6 is 11.3 Å². The predicted octanol–water partition coefficient (Wildman–Crippen LogP) is 1.88. The van der Waals surface area contributed by atoms with Gasteiger partial charge in [0.1, 0.15) is 5.00 Å². The summed E-state index contributed by atoms with van der Waals surface area (Å²) in [6.45, 7) is 4.15. The number of urea groups is 1. The lowest BCUT2D eigenvalue weighted by Crippen LogP contribution is -2.22. The maximum Gasteiger partial charge on any atom is 0.317 e. The van der Waals surface area contributed by atoms with Crippen molar-refractivity contribution in [3.05, 3.63) is 23.0 Å². The van der Waals surface area contributed by atoms with E-state index in [4.69, 9.17) is 11.5 Å². The number of rotatable bonds is 3. The quantitative estimate of drug-likeness (QED) is 0.802. The van der Waals surface area contributed by atoms with Crippen molar-refractivity contribution in [3.8, 4) is 10.4 Å². The van der Waals surface area contributed by atoms with Crippen LogP contribution in [0.15, 0.2) is 6.20 Å². The lowest BCUT2D eigenvalue weighted by atomic mass is 9.93. The van der Waals surface area contributed by atoms with E-state index in [9.17, 15) is 9.59 Å². The van der Waals surface area contributed by atoms with Crippen LogP contribution in [-0.4, -0.2) is 21.7 Å². The third kappa shape index (κ3) is 2.16. The van der Waals surface area contributed by atoms with E-state index in [0.717, 1.165) is 28.1 Å². The highest BCUT2D eigenvalue weighted by atomic mass is 32.1. The van der Waals surface area contributed by atoms with E-state index in [1.54, 1.807) is 0 Å². The number of anilines is 1. The molecule has 3 rings (SSSR count). The van der Waals surface area contributed by atoms with E-state index >= 15 is 0 Å². The minimum absolute atomic E-state index is 0.268. The Hall–Kier alpha value is -2.35. The second-order valence-corrected chi connectivity index (χ2v) is 6.53. The first kappa shape index (κ1) is 14.6. The minimum atomic E-state index is -0.709. The Morgan fingerprint density at radius 2 is 2.09 bits per heavy atom.